The maximum atomic E-state index is 6.02. The topological polar surface area (TPSA) is 59.7 Å². The van der Waals surface area contributed by atoms with Crippen molar-refractivity contribution in [3.8, 4) is 5.95 Å². The SMILES string of the molecule is CCC1CN(c2nc(Cl)nc(-n3cccn3)n2)CCS1. The summed E-state index contributed by atoms with van der Waals surface area (Å²) in [6.45, 7) is 4.08. The number of rotatable bonds is 3. The van der Waals surface area contributed by atoms with Gasteiger partial charge in [-0.1, -0.05) is 6.92 Å². The van der Waals surface area contributed by atoms with Crippen LogP contribution in [0.3, 0.4) is 0 Å². The zero-order chi connectivity index (χ0) is 13.9. The highest BCUT2D eigenvalue weighted by Gasteiger charge is 2.22. The fourth-order valence-corrected chi connectivity index (χ4v) is 3.44. The number of thioether (sulfide) groups is 1. The molecule has 106 valence electrons. The fourth-order valence-electron chi connectivity index (χ4n) is 2.11. The summed E-state index contributed by atoms with van der Waals surface area (Å²) >= 11 is 8.03. The first-order valence-corrected chi connectivity index (χ1v) is 7.97. The molecule has 0 N–H and O–H groups in total. The van der Waals surface area contributed by atoms with E-state index in [0.29, 0.717) is 17.1 Å². The molecule has 0 radical (unpaired) electrons. The van der Waals surface area contributed by atoms with E-state index < -0.39 is 0 Å². The Morgan fingerprint density at radius 2 is 2.20 bits per heavy atom. The number of hydrogen-bond acceptors (Lipinski definition) is 6. The summed E-state index contributed by atoms with van der Waals surface area (Å²) in [5, 5.41) is 4.95. The molecule has 0 aliphatic carbocycles. The lowest BCUT2D eigenvalue weighted by atomic mass is 10.3. The highest BCUT2D eigenvalue weighted by molar-refractivity contribution is 8.00. The Balaban J connectivity index is 1.89. The molecule has 6 nitrogen and oxygen atoms in total. The van der Waals surface area contributed by atoms with Gasteiger partial charge in [0.15, 0.2) is 0 Å². The van der Waals surface area contributed by atoms with E-state index >= 15 is 0 Å². The monoisotopic (exact) mass is 310 g/mol. The van der Waals surface area contributed by atoms with Crippen LogP contribution in [0.1, 0.15) is 13.3 Å². The van der Waals surface area contributed by atoms with Gasteiger partial charge in [0, 0.05) is 36.5 Å². The zero-order valence-corrected chi connectivity index (χ0v) is 12.7. The van der Waals surface area contributed by atoms with Gasteiger partial charge in [-0.25, -0.2) is 4.68 Å². The second kappa shape index (κ2) is 5.97. The van der Waals surface area contributed by atoms with E-state index in [4.69, 9.17) is 11.6 Å². The van der Waals surface area contributed by atoms with Crippen molar-refractivity contribution < 1.29 is 0 Å². The van der Waals surface area contributed by atoms with Crippen LogP contribution < -0.4 is 4.90 Å². The molecule has 0 spiro atoms. The summed E-state index contributed by atoms with van der Waals surface area (Å²) in [4.78, 5) is 15.0. The highest BCUT2D eigenvalue weighted by Crippen LogP contribution is 2.24. The Morgan fingerprint density at radius 1 is 1.35 bits per heavy atom. The van der Waals surface area contributed by atoms with Crippen molar-refractivity contribution in [3.63, 3.8) is 0 Å². The molecule has 0 saturated carbocycles. The Bertz CT molecular complexity index is 575. The molecule has 1 unspecified atom stereocenters. The van der Waals surface area contributed by atoms with Crippen molar-refractivity contribution in [2.45, 2.75) is 18.6 Å². The first-order valence-electron chi connectivity index (χ1n) is 6.54. The normalized spacial score (nSPS) is 19.3. The molecule has 2 aromatic heterocycles. The average molecular weight is 311 g/mol. The molecule has 8 heteroatoms. The number of halogens is 1. The van der Waals surface area contributed by atoms with Gasteiger partial charge in [-0.15, -0.1) is 0 Å². The predicted octanol–water partition coefficient (Wildman–Crippen LogP) is 2.04. The predicted molar refractivity (Wildman–Crippen MR) is 80.7 cm³/mol. The van der Waals surface area contributed by atoms with E-state index in [1.54, 1.807) is 17.1 Å². The van der Waals surface area contributed by atoms with Crippen LogP contribution >= 0.6 is 23.4 Å². The second-order valence-electron chi connectivity index (χ2n) is 4.50. The van der Waals surface area contributed by atoms with E-state index in [2.05, 4.69) is 31.9 Å². The third-order valence-electron chi connectivity index (χ3n) is 3.17. The summed E-state index contributed by atoms with van der Waals surface area (Å²) in [6.07, 6.45) is 4.62. The van der Waals surface area contributed by atoms with Gasteiger partial charge >= 0.3 is 0 Å². The summed E-state index contributed by atoms with van der Waals surface area (Å²) in [5.41, 5.74) is 0. The number of aromatic nitrogens is 5. The van der Waals surface area contributed by atoms with Crippen LogP contribution in [-0.2, 0) is 0 Å². The van der Waals surface area contributed by atoms with Crippen LogP contribution in [-0.4, -0.2) is 48.8 Å². The molecule has 3 rings (SSSR count). The molecule has 1 fully saturated rings. The lowest BCUT2D eigenvalue weighted by Crippen LogP contribution is -2.39. The lowest BCUT2D eigenvalue weighted by Gasteiger charge is -2.31. The third kappa shape index (κ3) is 2.88. The van der Waals surface area contributed by atoms with Gasteiger partial charge in [-0.05, 0) is 24.1 Å². The van der Waals surface area contributed by atoms with Crippen molar-refractivity contribution in [2.24, 2.45) is 0 Å². The first kappa shape index (κ1) is 13.6. The fraction of sp³-hybridized carbons (Fsp3) is 0.500. The summed E-state index contributed by atoms with van der Waals surface area (Å²) in [7, 11) is 0. The van der Waals surface area contributed by atoms with Gasteiger partial charge in [0.2, 0.25) is 11.2 Å². The van der Waals surface area contributed by atoms with Crippen LogP contribution in [0.2, 0.25) is 5.28 Å². The molecule has 3 heterocycles. The Labute approximate surface area is 126 Å². The molecular formula is C12H15ClN6S. The van der Waals surface area contributed by atoms with Gasteiger partial charge in [-0.2, -0.15) is 31.8 Å². The Hall–Kier alpha value is -1.34. The molecule has 20 heavy (non-hydrogen) atoms. The minimum absolute atomic E-state index is 0.201. The molecule has 1 aliphatic heterocycles. The lowest BCUT2D eigenvalue weighted by molar-refractivity contribution is 0.697. The van der Waals surface area contributed by atoms with E-state index in [1.165, 1.54) is 0 Å². The minimum Gasteiger partial charge on any atom is -0.339 e. The summed E-state index contributed by atoms with van der Waals surface area (Å²) in [5.74, 6) is 2.17. The van der Waals surface area contributed by atoms with Crippen LogP contribution in [0.15, 0.2) is 18.5 Å². The first-order chi connectivity index (χ1) is 9.76. The molecule has 1 saturated heterocycles. The largest absolute Gasteiger partial charge is 0.339 e. The van der Waals surface area contributed by atoms with E-state index in [-0.39, 0.29) is 5.28 Å². The quantitative estimate of drug-likeness (QED) is 0.864. The minimum atomic E-state index is 0.201. The van der Waals surface area contributed by atoms with E-state index in [9.17, 15) is 0 Å². The van der Waals surface area contributed by atoms with E-state index in [1.807, 2.05) is 17.8 Å². The number of anilines is 1. The van der Waals surface area contributed by atoms with Crippen LogP contribution in [0.5, 0.6) is 0 Å². The molecule has 0 aromatic carbocycles. The maximum Gasteiger partial charge on any atom is 0.256 e. The second-order valence-corrected chi connectivity index (χ2v) is 6.25. The number of nitrogens with zero attached hydrogens (tertiary/aromatic N) is 6. The van der Waals surface area contributed by atoms with Crippen LogP contribution in [0.25, 0.3) is 5.95 Å². The molecular weight excluding hydrogens is 296 g/mol. The van der Waals surface area contributed by atoms with Gasteiger partial charge in [0.25, 0.3) is 5.95 Å². The van der Waals surface area contributed by atoms with Gasteiger partial charge in [-0.3, -0.25) is 0 Å². The molecule has 0 bridgehead atoms. The Kier molecular flexibility index (Phi) is 4.07. The maximum absolute atomic E-state index is 6.02. The average Bonchev–Trinajstić information content (AvgIpc) is 3.01. The van der Waals surface area contributed by atoms with Gasteiger partial charge in [0.1, 0.15) is 0 Å². The van der Waals surface area contributed by atoms with Crippen molar-refractivity contribution in [1.82, 2.24) is 24.7 Å². The Morgan fingerprint density at radius 3 is 2.95 bits per heavy atom. The molecule has 2 aromatic rings. The third-order valence-corrected chi connectivity index (χ3v) is 4.71. The van der Waals surface area contributed by atoms with Crippen molar-refractivity contribution in [2.75, 3.05) is 23.7 Å². The molecule has 1 atom stereocenters. The summed E-state index contributed by atoms with van der Waals surface area (Å²) < 4.78 is 1.59. The summed E-state index contributed by atoms with van der Waals surface area (Å²) in [6, 6.07) is 1.82. The van der Waals surface area contributed by atoms with Crippen molar-refractivity contribution >= 4 is 29.3 Å². The molecule has 1 aliphatic rings. The van der Waals surface area contributed by atoms with E-state index in [0.717, 1.165) is 25.3 Å². The van der Waals surface area contributed by atoms with Gasteiger partial charge in [0.05, 0.1) is 0 Å². The smallest absolute Gasteiger partial charge is 0.256 e. The zero-order valence-electron chi connectivity index (χ0n) is 11.1. The van der Waals surface area contributed by atoms with Crippen molar-refractivity contribution in [3.05, 3.63) is 23.7 Å². The molecule has 0 amide bonds. The number of hydrogen-bond donors (Lipinski definition) is 0. The highest BCUT2D eigenvalue weighted by atomic mass is 35.5. The van der Waals surface area contributed by atoms with Gasteiger partial charge < -0.3 is 4.90 Å². The van der Waals surface area contributed by atoms with Crippen molar-refractivity contribution in [1.29, 1.82) is 0 Å². The standard InChI is InChI=1S/C12H15ClN6S/c1-2-9-8-18(6-7-20-9)11-15-10(13)16-12(17-11)19-5-3-4-14-19/h3-5,9H,2,6-8H2,1H3. The van der Waals surface area contributed by atoms with Crippen LogP contribution in [0.4, 0.5) is 5.95 Å². The van der Waals surface area contributed by atoms with Crippen LogP contribution in [0, 0.1) is 0 Å².